The van der Waals surface area contributed by atoms with Gasteiger partial charge in [-0.25, -0.2) is 4.79 Å². The van der Waals surface area contributed by atoms with Gasteiger partial charge in [-0.15, -0.1) is 0 Å². The molecule has 0 aromatic heterocycles. The van der Waals surface area contributed by atoms with Crippen LogP contribution < -0.4 is 4.74 Å². The van der Waals surface area contributed by atoms with Crippen LogP contribution in [0, 0.1) is 0 Å². The fraction of sp³-hybridized carbons (Fsp3) is 0.125. The first-order valence-corrected chi connectivity index (χ1v) is 9.48. The van der Waals surface area contributed by atoms with Gasteiger partial charge >= 0.3 is 5.97 Å². The second kappa shape index (κ2) is 8.61. The molecule has 2 aromatic carbocycles. The van der Waals surface area contributed by atoms with Crippen molar-refractivity contribution in [2.75, 3.05) is 0 Å². The van der Waals surface area contributed by atoms with Crippen LogP contribution in [0.5, 0.6) is 11.5 Å². The molecule has 0 unspecified atom stereocenters. The summed E-state index contributed by atoms with van der Waals surface area (Å²) in [4.78, 5) is 11.0. The molecule has 1 aliphatic heterocycles. The number of carboxylic acids is 1. The Hall–Kier alpha value is -3.93. The highest BCUT2D eigenvalue weighted by molar-refractivity contribution is 5.90. The molecule has 1 heterocycles. The summed E-state index contributed by atoms with van der Waals surface area (Å²) in [7, 11) is 0. The number of aromatic carboxylic acids is 1. The maximum absolute atomic E-state index is 11.0. The van der Waals surface area contributed by atoms with Crippen LogP contribution in [-0.4, -0.2) is 16.2 Å². The predicted molar refractivity (Wildman–Crippen MR) is 111 cm³/mol. The summed E-state index contributed by atoms with van der Waals surface area (Å²) in [5.41, 5.74) is 2.65. The summed E-state index contributed by atoms with van der Waals surface area (Å²) in [6.07, 6.45) is 11.2. The molecule has 0 fully saturated rings. The van der Waals surface area contributed by atoms with Crippen molar-refractivity contribution >= 4 is 11.7 Å². The number of hydrogen-bond donors (Lipinski definition) is 2. The van der Waals surface area contributed by atoms with E-state index >= 15 is 0 Å². The summed E-state index contributed by atoms with van der Waals surface area (Å²) in [6, 6.07) is 11.8. The van der Waals surface area contributed by atoms with Gasteiger partial charge in [-0.2, -0.15) is 0 Å². The second-order valence-electron chi connectivity index (χ2n) is 6.83. The zero-order valence-electron chi connectivity index (χ0n) is 16.1. The number of hydrogen-bond acceptors (Lipinski definition) is 5. The van der Waals surface area contributed by atoms with Gasteiger partial charge in [0.15, 0.2) is 11.5 Å². The lowest BCUT2D eigenvalue weighted by molar-refractivity contribution is 0.0693. The van der Waals surface area contributed by atoms with Crippen LogP contribution in [0.4, 0.5) is 0 Å². The van der Waals surface area contributed by atoms with E-state index in [0.29, 0.717) is 17.3 Å². The van der Waals surface area contributed by atoms with E-state index in [1.807, 2.05) is 36.4 Å². The van der Waals surface area contributed by atoms with Gasteiger partial charge in [0.1, 0.15) is 36.2 Å². The number of benzene rings is 2. The van der Waals surface area contributed by atoms with E-state index in [2.05, 4.69) is 6.08 Å². The first-order chi connectivity index (χ1) is 14.6. The van der Waals surface area contributed by atoms with Crippen LogP contribution in [0.15, 0.2) is 84.5 Å². The summed E-state index contributed by atoms with van der Waals surface area (Å²) in [5.74, 6) is 0.156. The smallest absolute Gasteiger partial charge is 0.339 e. The molecule has 6 nitrogen and oxygen atoms in total. The number of carbonyl (C=O) groups is 1. The number of carboxylic acid groups (broad SMARTS) is 1. The van der Waals surface area contributed by atoms with Gasteiger partial charge in [-0.1, -0.05) is 36.4 Å². The van der Waals surface area contributed by atoms with E-state index in [0.717, 1.165) is 29.5 Å². The largest absolute Gasteiger partial charge is 0.507 e. The number of rotatable bonds is 6. The second-order valence-corrected chi connectivity index (χ2v) is 6.83. The van der Waals surface area contributed by atoms with E-state index in [4.69, 9.17) is 19.3 Å². The van der Waals surface area contributed by atoms with Crippen LogP contribution in [0.2, 0.25) is 0 Å². The molecule has 2 aromatic rings. The zero-order chi connectivity index (χ0) is 20.9. The molecule has 0 amide bonds. The van der Waals surface area contributed by atoms with Crippen molar-refractivity contribution in [2.45, 2.75) is 19.4 Å². The zero-order valence-corrected chi connectivity index (χ0v) is 16.1. The van der Waals surface area contributed by atoms with Crippen molar-refractivity contribution in [2.24, 2.45) is 0 Å². The fourth-order valence-electron chi connectivity index (χ4n) is 3.16. The van der Waals surface area contributed by atoms with Crippen LogP contribution in [-0.2, 0) is 16.1 Å². The molecule has 0 radical (unpaired) electrons. The number of aromatic hydroxyl groups is 1. The molecular formula is C24H20O6. The van der Waals surface area contributed by atoms with Gasteiger partial charge in [0.25, 0.3) is 0 Å². The molecule has 2 N–H and O–H groups in total. The average molecular weight is 404 g/mol. The quantitative estimate of drug-likeness (QED) is 0.694. The van der Waals surface area contributed by atoms with Crippen molar-refractivity contribution in [1.29, 1.82) is 0 Å². The first-order valence-electron chi connectivity index (χ1n) is 9.48. The summed E-state index contributed by atoms with van der Waals surface area (Å²) < 4.78 is 17.2. The van der Waals surface area contributed by atoms with Gasteiger partial charge in [0.05, 0.1) is 0 Å². The standard InChI is InChI=1S/C24H20O6/c25-21-12-19(9-10-20(21)24(26)27)29-13-16-5-4-8-18(11-16)23-15-28-14-22(30-23)17-6-2-1-3-7-17/h1-2,4-6,8-12,14-15,25H,3,7,13H2,(H,26,27). The molecule has 6 heteroatoms. The third-order valence-electron chi connectivity index (χ3n) is 4.72. The van der Waals surface area contributed by atoms with Crippen LogP contribution >= 0.6 is 0 Å². The normalized spacial score (nSPS) is 15.3. The van der Waals surface area contributed by atoms with Crippen molar-refractivity contribution < 1.29 is 29.2 Å². The molecule has 30 heavy (non-hydrogen) atoms. The Morgan fingerprint density at radius 3 is 2.73 bits per heavy atom. The Balaban J connectivity index is 1.44. The molecule has 2 aliphatic rings. The van der Waals surface area contributed by atoms with Crippen molar-refractivity contribution in [3.8, 4) is 11.5 Å². The van der Waals surface area contributed by atoms with Gasteiger partial charge in [0, 0.05) is 11.6 Å². The summed E-state index contributed by atoms with van der Waals surface area (Å²) >= 11 is 0. The topological polar surface area (TPSA) is 85.2 Å². The maximum atomic E-state index is 11.0. The minimum atomic E-state index is -1.19. The molecular weight excluding hydrogens is 384 g/mol. The molecule has 4 rings (SSSR count). The van der Waals surface area contributed by atoms with Crippen molar-refractivity contribution in [1.82, 2.24) is 0 Å². The minimum Gasteiger partial charge on any atom is -0.507 e. The van der Waals surface area contributed by atoms with Gasteiger partial charge in [-0.05, 0) is 42.2 Å². The lowest BCUT2D eigenvalue weighted by Crippen LogP contribution is -2.04. The fourth-order valence-corrected chi connectivity index (χ4v) is 3.16. The molecule has 0 saturated heterocycles. The van der Waals surface area contributed by atoms with Gasteiger partial charge < -0.3 is 24.4 Å². The highest BCUT2D eigenvalue weighted by Gasteiger charge is 2.17. The van der Waals surface area contributed by atoms with Crippen molar-refractivity contribution in [3.63, 3.8) is 0 Å². The van der Waals surface area contributed by atoms with Crippen LogP contribution in [0.25, 0.3) is 5.76 Å². The third-order valence-corrected chi connectivity index (χ3v) is 4.72. The molecule has 152 valence electrons. The molecule has 0 bridgehead atoms. The molecule has 0 atom stereocenters. The SMILES string of the molecule is O=C(O)c1ccc(OCc2cccc(C3=COC=C(C4=CC=CCC4)O3)c2)cc1O. The maximum Gasteiger partial charge on any atom is 0.339 e. The van der Waals surface area contributed by atoms with Gasteiger partial charge in [0.2, 0.25) is 0 Å². The van der Waals surface area contributed by atoms with Crippen LogP contribution in [0.3, 0.4) is 0 Å². The predicted octanol–water partition coefficient (Wildman–Crippen LogP) is 5.13. The highest BCUT2D eigenvalue weighted by Crippen LogP contribution is 2.31. The lowest BCUT2D eigenvalue weighted by atomic mass is 10.0. The minimum absolute atomic E-state index is 0.168. The molecule has 0 spiro atoms. The summed E-state index contributed by atoms with van der Waals surface area (Å²) in [6.45, 7) is 0.243. The van der Waals surface area contributed by atoms with Crippen LogP contribution in [0.1, 0.15) is 34.3 Å². The monoisotopic (exact) mass is 404 g/mol. The van der Waals surface area contributed by atoms with E-state index in [1.165, 1.54) is 18.2 Å². The van der Waals surface area contributed by atoms with E-state index in [9.17, 15) is 9.90 Å². The number of ether oxygens (including phenoxy) is 3. The number of phenols is 1. The Bertz CT molecular complexity index is 1090. The molecule has 1 aliphatic carbocycles. The Morgan fingerprint density at radius 2 is 1.97 bits per heavy atom. The lowest BCUT2D eigenvalue weighted by Gasteiger charge is -2.20. The summed E-state index contributed by atoms with van der Waals surface area (Å²) in [5, 5.41) is 18.8. The van der Waals surface area contributed by atoms with Gasteiger partial charge in [-0.3, -0.25) is 0 Å². The first kappa shape index (κ1) is 19.4. The van der Waals surface area contributed by atoms with E-state index in [1.54, 1.807) is 12.5 Å². The van der Waals surface area contributed by atoms with E-state index in [-0.39, 0.29) is 17.9 Å². The average Bonchev–Trinajstić information content (AvgIpc) is 2.78. The number of allylic oxidation sites excluding steroid dienone is 4. The van der Waals surface area contributed by atoms with E-state index < -0.39 is 5.97 Å². The Kier molecular flexibility index (Phi) is 5.57. The highest BCUT2D eigenvalue weighted by atomic mass is 16.5. The Labute approximate surface area is 173 Å². The Morgan fingerprint density at radius 1 is 1.10 bits per heavy atom. The molecule has 0 saturated carbocycles. The third kappa shape index (κ3) is 4.38. The van der Waals surface area contributed by atoms with Crippen molar-refractivity contribution in [3.05, 3.63) is 101 Å².